The summed E-state index contributed by atoms with van der Waals surface area (Å²) >= 11 is 0. The third kappa shape index (κ3) is 3.89. The third-order valence-corrected chi connectivity index (χ3v) is 6.28. The van der Waals surface area contributed by atoms with Gasteiger partial charge in [0.2, 0.25) is 0 Å². The van der Waals surface area contributed by atoms with Gasteiger partial charge in [-0.1, -0.05) is 44.4 Å². The van der Waals surface area contributed by atoms with Gasteiger partial charge in [0.05, 0.1) is 6.61 Å². The van der Waals surface area contributed by atoms with Gasteiger partial charge in [0, 0.05) is 5.57 Å². The number of hydrogen-bond acceptors (Lipinski definition) is 2. The minimum absolute atomic E-state index is 0.253. The fourth-order valence-electron chi connectivity index (χ4n) is 5.16. The van der Waals surface area contributed by atoms with E-state index in [9.17, 15) is 4.79 Å². The SMILES string of the molecule is C=C(C)C(=O)OCCCCCCC1(C)C=C2CC3CC(CC23)C1. The highest BCUT2D eigenvalue weighted by Crippen LogP contribution is 2.59. The molecule has 0 heterocycles. The van der Waals surface area contributed by atoms with E-state index >= 15 is 0 Å². The van der Waals surface area contributed by atoms with Crippen molar-refractivity contribution in [3.8, 4) is 0 Å². The first-order valence-corrected chi connectivity index (χ1v) is 9.51. The largest absolute Gasteiger partial charge is 0.462 e. The second-order valence-electron chi connectivity index (χ2n) is 8.57. The van der Waals surface area contributed by atoms with Crippen molar-refractivity contribution in [3.63, 3.8) is 0 Å². The van der Waals surface area contributed by atoms with Crippen LogP contribution >= 0.6 is 0 Å². The van der Waals surface area contributed by atoms with Gasteiger partial charge >= 0.3 is 5.97 Å². The van der Waals surface area contributed by atoms with Gasteiger partial charge in [-0.05, 0) is 68.6 Å². The molecule has 4 unspecified atom stereocenters. The van der Waals surface area contributed by atoms with Crippen LogP contribution in [0.2, 0.25) is 0 Å². The van der Waals surface area contributed by atoms with Crippen LogP contribution in [0.15, 0.2) is 23.8 Å². The Morgan fingerprint density at radius 3 is 2.87 bits per heavy atom. The van der Waals surface area contributed by atoms with Crippen LogP contribution in [0.25, 0.3) is 0 Å². The standard InChI is InChI=1S/C21H32O2/c1-15(2)20(22)23-9-7-5-4-6-8-21(3)13-16-10-17-12-18(14-21)19(17)11-16/h14,16-17,19H,1,4-13H2,2-3H3. The first kappa shape index (κ1) is 16.8. The molecule has 0 N–H and O–H groups in total. The summed E-state index contributed by atoms with van der Waals surface area (Å²) in [5.74, 6) is 2.77. The number of allylic oxidation sites excluding steroid dienone is 2. The Labute approximate surface area is 141 Å². The molecule has 2 saturated carbocycles. The summed E-state index contributed by atoms with van der Waals surface area (Å²) in [5.41, 5.74) is 2.74. The molecule has 2 heteroatoms. The smallest absolute Gasteiger partial charge is 0.333 e. The lowest BCUT2D eigenvalue weighted by molar-refractivity contribution is -0.139. The average Bonchev–Trinajstić information content (AvgIpc) is 2.73. The summed E-state index contributed by atoms with van der Waals surface area (Å²) in [4.78, 5) is 11.3. The Morgan fingerprint density at radius 1 is 1.30 bits per heavy atom. The maximum atomic E-state index is 11.3. The van der Waals surface area contributed by atoms with Gasteiger partial charge in [-0.25, -0.2) is 4.79 Å². The van der Waals surface area contributed by atoms with Crippen LogP contribution in [0.5, 0.6) is 0 Å². The van der Waals surface area contributed by atoms with Crippen molar-refractivity contribution in [1.29, 1.82) is 0 Å². The number of rotatable bonds is 8. The zero-order chi connectivity index (χ0) is 16.4. The maximum Gasteiger partial charge on any atom is 0.333 e. The number of carbonyl (C=O) groups is 1. The molecule has 3 rings (SSSR count). The Bertz CT molecular complexity index is 504. The molecule has 4 atom stereocenters. The number of fused-ring (bicyclic) bond motifs is 1. The summed E-state index contributed by atoms with van der Waals surface area (Å²) in [6.45, 7) is 8.32. The van der Waals surface area contributed by atoms with E-state index in [1.54, 1.807) is 12.5 Å². The lowest BCUT2D eigenvalue weighted by Gasteiger charge is -2.38. The van der Waals surface area contributed by atoms with E-state index in [4.69, 9.17) is 4.74 Å². The Morgan fingerprint density at radius 2 is 2.09 bits per heavy atom. The number of hydrogen-bond donors (Lipinski definition) is 0. The van der Waals surface area contributed by atoms with Crippen LogP contribution in [0.4, 0.5) is 0 Å². The molecule has 2 nitrogen and oxygen atoms in total. The number of esters is 1. The fraction of sp³-hybridized carbons (Fsp3) is 0.762. The second kappa shape index (κ2) is 6.83. The Kier molecular flexibility index (Phi) is 4.98. The van der Waals surface area contributed by atoms with Crippen molar-refractivity contribution in [2.24, 2.45) is 23.2 Å². The lowest BCUT2D eigenvalue weighted by atomic mass is 9.67. The van der Waals surface area contributed by atoms with Gasteiger partial charge < -0.3 is 4.74 Å². The normalized spacial score (nSPS) is 34.3. The van der Waals surface area contributed by atoms with Crippen molar-refractivity contribution in [3.05, 3.63) is 23.8 Å². The van der Waals surface area contributed by atoms with Crippen LogP contribution < -0.4 is 0 Å². The number of ether oxygens (including phenoxy) is 1. The van der Waals surface area contributed by atoms with Gasteiger partial charge in [0.25, 0.3) is 0 Å². The zero-order valence-corrected chi connectivity index (χ0v) is 14.9. The van der Waals surface area contributed by atoms with Gasteiger partial charge in [0.15, 0.2) is 0 Å². The van der Waals surface area contributed by atoms with Crippen molar-refractivity contribution in [1.82, 2.24) is 0 Å². The Hall–Kier alpha value is -1.05. The summed E-state index contributed by atoms with van der Waals surface area (Å²) in [6, 6.07) is 0. The van der Waals surface area contributed by atoms with Crippen molar-refractivity contribution in [2.45, 2.75) is 71.6 Å². The van der Waals surface area contributed by atoms with Gasteiger partial charge in [-0.15, -0.1) is 0 Å². The molecule has 128 valence electrons. The molecule has 0 saturated heterocycles. The van der Waals surface area contributed by atoms with Crippen LogP contribution in [-0.4, -0.2) is 12.6 Å². The van der Waals surface area contributed by atoms with Crippen molar-refractivity contribution in [2.75, 3.05) is 6.61 Å². The highest BCUT2D eigenvalue weighted by Gasteiger charge is 2.48. The molecule has 2 fully saturated rings. The molecular weight excluding hydrogens is 284 g/mol. The highest BCUT2D eigenvalue weighted by atomic mass is 16.5. The van der Waals surface area contributed by atoms with E-state index in [0.29, 0.717) is 17.6 Å². The maximum absolute atomic E-state index is 11.3. The molecule has 3 aliphatic carbocycles. The molecule has 0 aromatic carbocycles. The van der Waals surface area contributed by atoms with E-state index < -0.39 is 0 Å². The molecule has 0 spiro atoms. The van der Waals surface area contributed by atoms with Gasteiger partial charge in [-0.2, -0.15) is 0 Å². The minimum atomic E-state index is -0.253. The number of carbonyl (C=O) groups excluding carboxylic acids is 1. The molecule has 3 aliphatic rings. The van der Waals surface area contributed by atoms with Crippen LogP contribution in [0.3, 0.4) is 0 Å². The summed E-state index contributed by atoms with van der Waals surface area (Å²) in [6.07, 6.45) is 14.5. The molecule has 0 radical (unpaired) electrons. The summed E-state index contributed by atoms with van der Waals surface area (Å²) < 4.78 is 5.14. The molecule has 2 bridgehead atoms. The third-order valence-electron chi connectivity index (χ3n) is 6.28. The van der Waals surface area contributed by atoms with E-state index in [1.165, 1.54) is 44.9 Å². The van der Waals surface area contributed by atoms with E-state index in [1.807, 2.05) is 0 Å². The van der Waals surface area contributed by atoms with Crippen LogP contribution in [-0.2, 0) is 9.53 Å². The van der Waals surface area contributed by atoms with E-state index in [-0.39, 0.29) is 5.97 Å². The molecule has 0 aliphatic heterocycles. The Balaban J connectivity index is 1.33. The fourth-order valence-corrected chi connectivity index (χ4v) is 5.16. The summed E-state index contributed by atoms with van der Waals surface area (Å²) in [5, 5.41) is 0. The molecule has 0 aromatic rings. The average molecular weight is 316 g/mol. The minimum Gasteiger partial charge on any atom is -0.462 e. The van der Waals surface area contributed by atoms with Crippen molar-refractivity contribution < 1.29 is 9.53 Å². The second-order valence-corrected chi connectivity index (χ2v) is 8.57. The predicted molar refractivity (Wildman–Crippen MR) is 94.0 cm³/mol. The monoisotopic (exact) mass is 316 g/mol. The topological polar surface area (TPSA) is 26.3 Å². The first-order valence-electron chi connectivity index (χ1n) is 9.51. The quantitative estimate of drug-likeness (QED) is 0.258. The van der Waals surface area contributed by atoms with Crippen LogP contribution in [0.1, 0.15) is 71.6 Å². The van der Waals surface area contributed by atoms with Gasteiger partial charge in [-0.3, -0.25) is 0 Å². The summed E-state index contributed by atoms with van der Waals surface area (Å²) in [7, 11) is 0. The lowest BCUT2D eigenvalue weighted by Crippen LogP contribution is -2.27. The molecule has 0 aromatic heterocycles. The highest BCUT2D eigenvalue weighted by molar-refractivity contribution is 5.86. The predicted octanol–water partition coefficient (Wildman–Crippen LogP) is 5.44. The van der Waals surface area contributed by atoms with Crippen LogP contribution in [0, 0.1) is 23.2 Å². The van der Waals surface area contributed by atoms with Gasteiger partial charge in [0.1, 0.15) is 0 Å². The molecule has 23 heavy (non-hydrogen) atoms. The molecule has 0 amide bonds. The van der Waals surface area contributed by atoms with E-state index in [0.717, 1.165) is 30.6 Å². The molecular formula is C21H32O2. The van der Waals surface area contributed by atoms with Crippen molar-refractivity contribution >= 4 is 5.97 Å². The zero-order valence-electron chi connectivity index (χ0n) is 14.9. The first-order chi connectivity index (χ1) is 11.0. The number of unbranched alkanes of at least 4 members (excludes halogenated alkanes) is 3. The van der Waals surface area contributed by atoms with E-state index in [2.05, 4.69) is 19.6 Å².